The molecule has 0 spiro atoms. The molecule has 0 aliphatic heterocycles. The quantitative estimate of drug-likeness (QED) is 0.630. The third-order valence-corrected chi connectivity index (χ3v) is 4.32. The Morgan fingerprint density at radius 1 is 1.00 bits per heavy atom. The summed E-state index contributed by atoms with van der Waals surface area (Å²) in [5, 5.41) is 6.05. The molecular weight excluding hydrogens is 352 g/mol. The molecule has 3 aromatic rings. The SMILES string of the molecule is COc1ccc(CCNC(=O)c2ccnc(NCc3ccc(C)cc3)n2)cc1. The van der Waals surface area contributed by atoms with E-state index in [1.54, 1.807) is 19.4 Å². The minimum absolute atomic E-state index is 0.214. The molecule has 6 heteroatoms. The maximum absolute atomic E-state index is 12.4. The summed E-state index contributed by atoms with van der Waals surface area (Å²) in [6, 6.07) is 17.6. The summed E-state index contributed by atoms with van der Waals surface area (Å²) in [7, 11) is 1.64. The van der Waals surface area contributed by atoms with Crippen LogP contribution in [0, 0.1) is 6.92 Å². The summed E-state index contributed by atoms with van der Waals surface area (Å²) in [5.74, 6) is 1.04. The first-order valence-electron chi connectivity index (χ1n) is 9.17. The van der Waals surface area contributed by atoms with Gasteiger partial charge in [0.2, 0.25) is 5.95 Å². The Balaban J connectivity index is 1.50. The number of carbonyl (C=O) groups is 1. The van der Waals surface area contributed by atoms with Crippen molar-refractivity contribution in [1.82, 2.24) is 15.3 Å². The van der Waals surface area contributed by atoms with Crippen molar-refractivity contribution in [2.45, 2.75) is 19.9 Å². The fraction of sp³-hybridized carbons (Fsp3) is 0.227. The predicted octanol–water partition coefficient (Wildman–Crippen LogP) is 3.38. The zero-order chi connectivity index (χ0) is 19.8. The monoisotopic (exact) mass is 376 g/mol. The van der Waals surface area contributed by atoms with Gasteiger partial charge in [0.05, 0.1) is 7.11 Å². The molecule has 1 aromatic heterocycles. The molecule has 28 heavy (non-hydrogen) atoms. The Kier molecular flexibility index (Phi) is 6.57. The van der Waals surface area contributed by atoms with Crippen LogP contribution in [0.3, 0.4) is 0 Å². The minimum atomic E-state index is -0.214. The number of aromatic nitrogens is 2. The van der Waals surface area contributed by atoms with Gasteiger partial charge in [-0.25, -0.2) is 9.97 Å². The second-order valence-corrected chi connectivity index (χ2v) is 6.46. The molecular formula is C22H24N4O2. The number of nitrogens with one attached hydrogen (secondary N) is 2. The van der Waals surface area contributed by atoms with E-state index in [4.69, 9.17) is 4.74 Å². The van der Waals surface area contributed by atoms with Crippen molar-refractivity contribution in [1.29, 1.82) is 0 Å². The average Bonchev–Trinajstić information content (AvgIpc) is 2.74. The largest absolute Gasteiger partial charge is 0.497 e. The Bertz CT molecular complexity index is 909. The van der Waals surface area contributed by atoms with Crippen LogP contribution in [0.1, 0.15) is 27.2 Å². The van der Waals surface area contributed by atoms with Crippen LogP contribution in [0.25, 0.3) is 0 Å². The topological polar surface area (TPSA) is 76.1 Å². The summed E-state index contributed by atoms with van der Waals surface area (Å²) < 4.78 is 5.14. The lowest BCUT2D eigenvalue weighted by Crippen LogP contribution is -2.26. The lowest BCUT2D eigenvalue weighted by Gasteiger charge is -2.08. The van der Waals surface area contributed by atoms with E-state index in [-0.39, 0.29) is 5.91 Å². The standard InChI is InChI=1S/C22H24N4O2/c1-16-3-5-18(6-4-16)15-25-22-24-14-12-20(26-22)21(27)23-13-11-17-7-9-19(28-2)10-8-17/h3-10,12,14H,11,13,15H2,1-2H3,(H,23,27)(H,24,25,26). The van der Waals surface area contributed by atoms with Crippen molar-refractivity contribution in [2.24, 2.45) is 0 Å². The van der Waals surface area contributed by atoms with Crippen LogP contribution in [-0.2, 0) is 13.0 Å². The molecule has 0 atom stereocenters. The third-order valence-electron chi connectivity index (χ3n) is 4.32. The number of ether oxygens (including phenoxy) is 1. The van der Waals surface area contributed by atoms with E-state index in [2.05, 4.69) is 51.8 Å². The third kappa shape index (κ3) is 5.54. The summed E-state index contributed by atoms with van der Waals surface area (Å²) in [6.07, 6.45) is 2.32. The number of benzene rings is 2. The normalized spacial score (nSPS) is 10.4. The number of carbonyl (C=O) groups excluding carboxylic acids is 1. The molecule has 0 radical (unpaired) electrons. The van der Waals surface area contributed by atoms with Crippen molar-refractivity contribution in [2.75, 3.05) is 19.0 Å². The molecule has 144 valence electrons. The van der Waals surface area contributed by atoms with Gasteiger partial charge in [0.1, 0.15) is 11.4 Å². The van der Waals surface area contributed by atoms with Gasteiger partial charge in [-0.2, -0.15) is 0 Å². The first kappa shape index (κ1) is 19.4. The molecule has 0 fully saturated rings. The Labute approximate surface area is 165 Å². The summed E-state index contributed by atoms with van der Waals surface area (Å²) in [6.45, 7) is 3.18. The highest BCUT2D eigenvalue weighted by Crippen LogP contribution is 2.11. The van der Waals surface area contributed by atoms with E-state index in [9.17, 15) is 4.79 Å². The fourth-order valence-electron chi connectivity index (χ4n) is 2.66. The Morgan fingerprint density at radius 3 is 2.43 bits per heavy atom. The van der Waals surface area contributed by atoms with E-state index < -0.39 is 0 Å². The van der Waals surface area contributed by atoms with Crippen LogP contribution in [0.2, 0.25) is 0 Å². The molecule has 0 aliphatic rings. The first-order chi connectivity index (χ1) is 13.6. The molecule has 2 aromatic carbocycles. The zero-order valence-corrected chi connectivity index (χ0v) is 16.1. The number of hydrogen-bond acceptors (Lipinski definition) is 5. The minimum Gasteiger partial charge on any atom is -0.497 e. The van der Waals surface area contributed by atoms with Gasteiger partial charge in [-0.1, -0.05) is 42.0 Å². The number of amides is 1. The fourth-order valence-corrected chi connectivity index (χ4v) is 2.66. The summed E-state index contributed by atoms with van der Waals surface area (Å²) in [4.78, 5) is 20.8. The molecule has 0 unspecified atom stereocenters. The van der Waals surface area contributed by atoms with Gasteiger partial charge in [0.15, 0.2) is 0 Å². The number of methoxy groups -OCH3 is 1. The maximum atomic E-state index is 12.4. The van der Waals surface area contributed by atoms with Gasteiger partial charge < -0.3 is 15.4 Å². The average molecular weight is 376 g/mol. The van der Waals surface area contributed by atoms with Gasteiger partial charge in [0, 0.05) is 19.3 Å². The van der Waals surface area contributed by atoms with E-state index in [1.807, 2.05) is 24.3 Å². The van der Waals surface area contributed by atoms with Crippen molar-refractivity contribution in [3.05, 3.63) is 83.2 Å². The van der Waals surface area contributed by atoms with Crippen LogP contribution in [0.15, 0.2) is 60.8 Å². The number of rotatable bonds is 8. The maximum Gasteiger partial charge on any atom is 0.270 e. The lowest BCUT2D eigenvalue weighted by molar-refractivity contribution is 0.0949. The van der Waals surface area contributed by atoms with E-state index in [0.29, 0.717) is 24.7 Å². The molecule has 0 saturated heterocycles. The van der Waals surface area contributed by atoms with Gasteiger partial charge in [-0.05, 0) is 42.7 Å². The highest BCUT2D eigenvalue weighted by Gasteiger charge is 2.08. The Hall–Kier alpha value is -3.41. The van der Waals surface area contributed by atoms with Crippen LogP contribution in [0.4, 0.5) is 5.95 Å². The lowest BCUT2D eigenvalue weighted by atomic mass is 10.1. The van der Waals surface area contributed by atoms with Gasteiger partial charge in [-0.15, -0.1) is 0 Å². The molecule has 1 heterocycles. The molecule has 2 N–H and O–H groups in total. The molecule has 6 nitrogen and oxygen atoms in total. The van der Waals surface area contributed by atoms with Crippen molar-refractivity contribution in [3.63, 3.8) is 0 Å². The molecule has 1 amide bonds. The van der Waals surface area contributed by atoms with E-state index in [0.717, 1.165) is 23.3 Å². The van der Waals surface area contributed by atoms with Crippen LogP contribution in [0.5, 0.6) is 5.75 Å². The van der Waals surface area contributed by atoms with Crippen molar-refractivity contribution in [3.8, 4) is 5.75 Å². The zero-order valence-electron chi connectivity index (χ0n) is 16.1. The number of anilines is 1. The van der Waals surface area contributed by atoms with Crippen molar-refractivity contribution >= 4 is 11.9 Å². The van der Waals surface area contributed by atoms with E-state index >= 15 is 0 Å². The smallest absolute Gasteiger partial charge is 0.270 e. The second-order valence-electron chi connectivity index (χ2n) is 6.46. The molecule has 0 bridgehead atoms. The Morgan fingerprint density at radius 2 is 1.71 bits per heavy atom. The first-order valence-corrected chi connectivity index (χ1v) is 9.17. The highest BCUT2D eigenvalue weighted by molar-refractivity contribution is 5.92. The number of aryl methyl sites for hydroxylation is 1. The van der Waals surface area contributed by atoms with Gasteiger partial charge in [0.25, 0.3) is 5.91 Å². The molecule has 0 aliphatic carbocycles. The number of nitrogens with zero attached hydrogens (tertiary/aromatic N) is 2. The summed E-state index contributed by atoms with van der Waals surface area (Å²) in [5.41, 5.74) is 3.82. The van der Waals surface area contributed by atoms with Crippen LogP contribution in [-0.4, -0.2) is 29.5 Å². The van der Waals surface area contributed by atoms with E-state index in [1.165, 1.54) is 5.56 Å². The van der Waals surface area contributed by atoms with Gasteiger partial charge >= 0.3 is 0 Å². The number of hydrogen-bond donors (Lipinski definition) is 2. The van der Waals surface area contributed by atoms with Gasteiger partial charge in [-0.3, -0.25) is 4.79 Å². The van der Waals surface area contributed by atoms with Crippen molar-refractivity contribution < 1.29 is 9.53 Å². The predicted molar refractivity (Wildman–Crippen MR) is 110 cm³/mol. The molecule has 3 rings (SSSR count). The summed E-state index contributed by atoms with van der Waals surface area (Å²) >= 11 is 0. The highest BCUT2D eigenvalue weighted by atomic mass is 16.5. The van der Waals surface area contributed by atoms with Crippen LogP contribution < -0.4 is 15.4 Å². The second kappa shape index (κ2) is 9.50. The van der Waals surface area contributed by atoms with Crippen LogP contribution >= 0.6 is 0 Å². The molecule has 0 saturated carbocycles.